The van der Waals surface area contributed by atoms with Gasteiger partial charge in [0, 0.05) is 25.2 Å². The van der Waals surface area contributed by atoms with Gasteiger partial charge in [-0.15, -0.1) is 24.8 Å². The van der Waals surface area contributed by atoms with Gasteiger partial charge in [0.2, 0.25) is 0 Å². The molecule has 3 rings (SSSR count). The summed E-state index contributed by atoms with van der Waals surface area (Å²) in [6.07, 6.45) is 0.931. The van der Waals surface area contributed by atoms with E-state index < -0.39 is 0 Å². The highest BCUT2D eigenvalue weighted by Gasteiger charge is 2.20. The first-order chi connectivity index (χ1) is 8.33. The molecule has 0 spiro atoms. The normalized spacial score (nSPS) is 17.6. The highest BCUT2D eigenvalue weighted by Crippen LogP contribution is 2.21. The van der Waals surface area contributed by atoms with Crippen LogP contribution in [0.1, 0.15) is 11.1 Å². The van der Waals surface area contributed by atoms with Crippen molar-refractivity contribution in [3.8, 4) is 0 Å². The van der Waals surface area contributed by atoms with Crippen LogP contribution in [0.25, 0.3) is 0 Å². The maximum Gasteiger partial charge on any atom is 0.127 e. The molecule has 2 aliphatic heterocycles. The van der Waals surface area contributed by atoms with Crippen molar-refractivity contribution in [2.45, 2.75) is 13.0 Å². The lowest BCUT2D eigenvalue weighted by Gasteiger charge is -2.28. The van der Waals surface area contributed by atoms with Crippen LogP contribution in [0, 0.1) is 5.82 Å². The molecule has 6 heteroatoms. The third-order valence-corrected chi connectivity index (χ3v) is 3.41. The number of amidine groups is 1. The van der Waals surface area contributed by atoms with E-state index in [0.29, 0.717) is 6.54 Å². The third-order valence-electron chi connectivity index (χ3n) is 3.41. The number of hydrogen-bond donors (Lipinski definition) is 1. The summed E-state index contributed by atoms with van der Waals surface area (Å²) in [5, 5.41) is 3.26. The summed E-state index contributed by atoms with van der Waals surface area (Å²) in [6.45, 7) is 4.30. The molecule has 1 N–H and O–H groups in total. The SMILES string of the molecule is Cl.Cl.Fc1cccc2c1CN(CC1=NCCN1)CC2. The lowest BCUT2D eigenvalue weighted by atomic mass is 9.99. The number of rotatable bonds is 2. The molecule has 0 amide bonds. The number of fused-ring (bicyclic) bond motifs is 1. The van der Waals surface area contributed by atoms with Crippen LogP contribution in [0.15, 0.2) is 23.2 Å². The van der Waals surface area contributed by atoms with Crippen molar-refractivity contribution in [3.63, 3.8) is 0 Å². The largest absolute Gasteiger partial charge is 0.371 e. The summed E-state index contributed by atoms with van der Waals surface area (Å²) in [5.74, 6) is 0.971. The van der Waals surface area contributed by atoms with Crippen LogP contribution in [-0.4, -0.2) is 36.9 Å². The van der Waals surface area contributed by atoms with Gasteiger partial charge in [0.15, 0.2) is 0 Å². The molecule has 19 heavy (non-hydrogen) atoms. The molecule has 0 saturated heterocycles. The minimum atomic E-state index is -0.0754. The first-order valence-corrected chi connectivity index (χ1v) is 6.09. The van der Waals surface area contributed by atoms with E-state index in [1.807, 2.05) is 6.07 Å². The standard InChI is InChI=1S/C13H16FN3.2ClH/c14-12-3-1-2-10-4-7-17(8-11(10)12)9-13-15-5-6-16-13;;/h1-3H,4-9H2,(H,15,16);2*1H. The quantitative estimate of drug-likeness (QED) is 0.905. The van der Waals surface area contributed by atoms with Crippen LogP contribution >= 0.6 is 24.8 Å². The molecule has 0 radical (unpaired) electrons. The van der Waals surface area contributed by atoms with E-state index in [9.17, 15) is 4.39 Å². The Balaban J connectivity index is 0.000000902. The Morgan fingerprint density at radius 3 is 2.89 bits per heavy atom. The zero-order valence-electron chi connectivity index (χ0n) is 10.6. The zero-order valence-corrected chi connectivity index (χ0v) is 12.2. The molecule has 0 saturated carbocycles. The summed E-state index contributed by atoms with van der Waals surface area (Å²) in [6, 6.07) is 5.38. The number of aliphatic imine (C=N–C) groups is 1. The first kappa shape index (κ1) is 16.2. The van der Waals surface area contributed by atoms with E-state index in [1.54, 1.807) is 12.1 Å². The second-order valence-electron chi connectivity index (χ2n) is 4.59. The molecule has 1 aromatic rings. The molecule has 0 fully saturated rings. The van der Waals surface area contributed by atoms with Gasteiger partial charge >= 0.3 is 0 Å². The van der Waals surface area contributed by atoms with E-state index in [-0.39, 0.29) is 30.6 Å². The zero-order chi connectivity index (χ0) is 11.7. The third kappa shape index (κ3) is 3.59. The van der Waals surface area contributed by atoms with Gasteiger partial charge in [-0.05, 0) is 18.1 Å². The topological polar surface area (TPSA) is 27.6 Å². The van der Waals surface area contributed by atoms with Crippen molar-refractivity contribution < 1.29 is 4.39 Å². The molecule has 1 aromatic carbocycles. The van der Waals surface area contributed by atoms with Crippen molar-refractivity contribution in [2.75, 3.05) is 26.2 Å². The minimum Gasteiger partial charge on any atom is -0.371 e. The van der Waals surface area contributed by atoms with Crippen LogP contribution in [0.4, 0.5) is 4.39 Å². The predicted octanol–water partition coefficient (Wildman–Crippen LogP) is 2.03. The second-order valence-corrected chi connectivity index (χ2v) is 4.59. The predicted molar refractivity (Wildman–Crippen MR) is 80.2 cm³/mol. The maximum atomic E-state index is 13.7. The summed E-state index contributed by atoms with van der Waals surface area (Å²) in [4.78, 5) is 6.63. The molecule has 0 aromatic heterocycles. The van der Waals surface area contributed by atoms with Crippen LogP contribution in [0.2, 0.25) is 0 Å². The van der Waals surface area contributed by atoms with Crippen LogP contribution in [-0.2, 0) is 13.0 Å². The van der Waals surface area contributed by atoms with Crippen LogP contribution in [0.3, 0.4) is 0 Å². The van der Waals surface area contributed by atoms with E-state index in [1.165, 1.54) is 0 Å². The van der Waals surface area contributed by atoms with Gasteiger partial charge in [-0.2, -0.15) is 0 Å². The minimum absolute atomic E-state index is 0. The molecular weight excluding hydrogens is 288 g/mol. The smallest absolute Gasteiger partial charge is 0.127 e. The lowest BCUT2D eigenvalue weighted by Crippen LogP contribution is -2.38. The second kappa shape index (κ2) is 7.08. The average molecular weight is 306 g/mol. The van der Waals surface area contributed by atoms with Gasteiger partial charge in [0.05, 0.1) is 13.1 Å². The fraction of sp³-hybridized carbons (Fsp3) is 0.462. The van der Waals surface area contributed by atoms with Gasteiger partial charge in [-0.25, -0.2) is 4.39 Å². The molecule has 2 aliphatic rings. The molecule has 0 atom stereocenters. The van der Waals surface area contributed by atoms with Crippen molar-refractivity contribution in [2.24, 2.45) is 4.99 Å². The molecule has 0 unspecified atom stereocenters. The van der Waals surface area contributed by atoms with Crippen molar-refractivity contribution >= 4 is 30.6 Å². The summed E-state index contributed by atoms with van der Waals surface area (Å²) in [5.41, 5.74) is 2.01. The Hall–Kier alpha value is -0.840. The first-order valence-electron chi connectivity index (χ1n) is 6.09. The Morgan fingerprint density at radius 2 is 2.16 bits per heavy atom. The van der Waals surface area contributed by atoms with Gasteiger partial charge in [-0.3, -0.25) is 9.89 Å². The Labute approximate surface area is 125 Å². The van der Waals surface area contributed by atoms with E-state index in [0.717, 1.165) is 49.6 Å². The van der Waals surface area contributed by atoms with E-state index in [2.05, 4.69) is 15.2 Å². The van der Waals surface area contributed by atoms with Crippen molar-refractivity contribution in [3.05, 3.63) is 35.1 Å². The van der Waals surface area contributed by atoms with Crippen LogP contribution < -0.4 is 5.32 Å². The molecule has 0 aliphatic carbocycles. The molecule has 3 nitrogen and oxygen atoms in total. The van der Waals surface area contributed by atoms with E-state index in [4.69, 9.17) is 0 Å². The fourth-order valence-corrected chi connectivity index (χ4v) is 2.50. The Bertz CT molecular complexity index is 465. The number of nitrogens with one attached hydrogen (secondary N) is 1. The molecule has 106 valence electrons. The Kier molecular flexibility index (Phi) is 6.04. The number of benzene rings is 1. The number of hydrogen-bond acceptors (Lipinski definition) is 3. The average Bonchev–Trinajstić information content (AvgIpc) is 2.83. The summed E-state index contributed by atoms with van der Waals surface area (Å²) in [7, 11) is 0. The fourth-order valence-electron chi connectivity index (χ4n) is 2.50. The summed E-state index contributed by atoms with van der Waals surface area (Å²) >= 11 is 0. The lowest BCUT2D eigenvalue weighted by molar-refractivity contribution is 0.282. The molecule has 2 heterocycles. The monoisotopic (exact) mass is 305 g/mol. The highest BCUT2D eigenvalue weighted by molar-refractivity contribution is 5.86. The van der Waals surface area contributed by atoms with Gasteiger partial charge in [-0.1, -0.05) is 12.1 Å². The van der Waals surface area contributed by atoms with Gasteiger partial charge < -0.3 is 5.32 Å². The van der Waals surface area contributed by atoms with Gasteiger partial charge in [0.25, 0.3) is 0 Å². The number of nitrogens with zero attached hydrogens (tertiary/aromatic N) is 2. The highest BCUT2D eigenvalue weighted by atomic mass is 35.5. The Morgan fingerprint density at radius 1 is 1.32 bits per heavy atom. The van der Waals surface area contributed by atoms with Crippen molar-refractivity contribution in [1.29, 1.82) is 0 Å². The summed E-state index contributed by atoms with van der Waals surface area (Å²) < 4.78 is 13.7. The van der Waals surface area contributed by atoms with Crippen molar-refractivity contribution in [1.82, 2.24) is 10.2 Å². The molecular formula is C13H18Cl2FN3. The van der Waals surface area contributed by atoms with Gasteiger partial charge in [0.1, 0.15) is 11.7 Å². The van der Waals surface area contributed by atoms with E-state index >= 15 is 0 Å². The number of halogens is 3. The van der Waals surface area contributed by atoms with Crippen LogP contribution in [0.5, 0.6) is 0 Å². The molecule has 0 bridgehead atoms. The maximum absolute atomic E-state index is 13.7.